The summed E-state index contributed by atoms with van der Waals surface area (Å²) < 4.78 is 2.57. The number of unbranched alkanes of at least 4 members (excludes halogenated alkanes) is 26. The number of nitrogens with zero attached hydrogens (tertiary/aromatic N) is 1. The lowest BCUT2D eigenvalue weighted by atomic mass is 10.0. The van der Waals surface area contributed by atoms with Crippen LogP contribution < -0.4 is 0 Å². The Morgan fingerprint density at radius 3 is 1.15 bits per heavy atom. The van der Waals surface area contributed by atoms with Crippen LogP contribution >= 0.6 is 0 Å². The summed E-state index contributed by atoms with van der Waals surface area (Å²) >= 11 is 0. The fraction of sp³-hybridized carbons (Fsp3) is 0.800. The third-order valence-electron chi connectivity index (χ3n) is 9.85. The second-order valence-corrected chi connectivity index (χ2v) is 13.5. The van der Waals surface area contributed by atoms with Gasteiger partial charge >= 0.3 is 0 Å². The van der Waals surface area contributed by atoms with Gasteiger partial charge in [0, 0.05) is 23.1 Å². The highest BCUT2D eigenvalue weighted by molar-refractivity contribution is 5.88. The molecular weight excluding hydrogens is 494 g/mol. The second kappa shape index (κ2) is 24.2. The van der Waals surface area contributed by atoms with Crippen molar-refractivity contribution in [2.45, 2.75) is 208 Å². The molecule has 1 aromatic carbocycles. The Morgan fingerprint density at radius 1 is 0.439 bits per heavy atom. The Balaban J connectivity index is 1.27. The third-order valence-corrected chi connectivity index (χ3v) is 9.85. The number of aromatic nitrogens is 1. The molecule has 0 aliphatic rings. The average Bonchev–Trinajstić information content (AvgIpc) is 3.22. The highest BCUT2D eigenvalue weighted by Crippen LogP contribution is 2.28. The van der Waals surface area contributed by atoms with Crippen molar-refractivity contribution in [3.05, 3.63) is 35.0 Å². The van der Waals surface area contributed by atoms with Crippen LogP contribution in [0.4, 0.5) is 0 Å². The lowest BCUT2D eigenvalue weighted by molar-refractivity contribution is 0.512. The second-order valence-electron chi connectivity index (χ2n) is 13.5. The van der Waals surface area contributed by atoms with Gasteiger partial charge in [-0.1, -0.05) is 186 Å². The number of aryl methyl sites for hydroxylation is 3. The Labute approximate surface area is 257 Å². The molecule has 1 aromatic heterocycles. The fourth-order valence-corrected chi connectivity index (χ4v) is 6.98. The molecule has 0 radical (unpaired) electrons. The van der Waals surface area contributed by atoms with Crippen LogP contribution in [0.1, 0.15) is 197 Å². The van der Waals surface area contributed by atoms with E-state index < -0.39 is 0 Å². The average molecular weight is 566 g/mol. The molecule has 2 rings (SSSR count). The maximum absolute atomic E-state index is 2.57. The van der Waals surface area contributed by atoms with Crippen molar-refractivity contribution >= 4 is 10.9 Å². The molecule has 0 spiro atoms. The van der Waals surface area contributed by atoms with Gasteiger partial charge in [0.15, 0.2) is 0 Å². The van der Waals surface area contributed by atoms with E-state index in [1.54, 1.807) is 0 Å². The predicted molar refractivity (Wildman–Crippen MR) is 186 cm³/mol. The minimum atomic E-state index is 1.18. The molecule has 0 N–H and O–H groups in total. The standard InChI is InChI=1S/C40H71N/c1-5-6-7-8-9-10-11-12-13-14-15-16-17-18-19-20-21-22-23-24-25-26-27-28-29-30-31-35-41-38(4)37(3)40-36(2)33-32-34-39(40)41/h32-34H,5-31,35H2,1-4H3. The summed E-state index contributed by atoms with van der Waals surface area (Å²) in [5.74, 6) is 0. The van der Waals surface area contributed by atoms with E-state index in [2.05, 4.69) is 50.5 Å². The number of fused-ring (bicyclic) bond motifs is 1. The smallest absolute Gasteiger partial charge is 0.0487 e. The Morgan fingerprint density at radius 2 is 0.780 bits per heavy atom. The van der Waals surface area contributed by atoms with Gasteiger partial charge in [-0.25, -0.2) is 0 Å². The van der Waals surface area contributed by atoms with Crippen molar-refractivity contribution < 1.29 is 0 Å². The molecule has 0 saturated carbocycles. The van der Waals surface area contributed by atoms with Crippen LogP contribution in [0.25, 0.3) is 10.9 Å². The van der Waals surface area contributed by atoms with Gasteiger partial charge in [-0.15, -0.1) is 0 Å². The van der Waals surface area contributed by atoms with E-state index in [-0.39, 0.29) is 0 Å². The van der Waals surface area contributed by atoms with Gasteiger partial charge in [0.05, 0.1) is 0 Å². The molecular formula is C40H71N. The SMILES string of the molecule is CCCCCCCCCCCCCCCCCCCCCCCCCCCCCn1c(C)c(C)c2c(C)cccc21. The molecule has 41 heavy (non-hydrogen) atoms. The summed E-state index contributed by atoms with van der Waals surface area (Å²) in [5.41, 5.74) is 5.80. The minimum Gasteiger partial charge on any atom is -0.345 e. The van der Waals surface area contributed by atoms with Crippen LogP contribution in [0.5, 0.6) is 0 Å². The van der Waals surface area contributed by atoms with E-state index in [1.807, 2.05) is 0 Å². The van der Waals surface area contributed by atoms with Gasteiger partial charge in [0.25, 0.3) is 0 Å². The van der Waals surface area contributed by atoms with E-state index in [4.69, 9.17) is 0 Å². The first kappa shape index (κ1) is 36.0. The summed E-state index contributed by atoms with van der Waals surface area (Å²) in [5, 5.41) is 1.48. The molecule has 0 bridgehead atoms. The summed E-state index contributed by atoms with van der Waals surface area (Å²) in [6, 6.07) is 6.78. The third kappa shape index (κ3) is 15.7. The quantitative estimate of drug-likeness (QED) is 0.0904. The first-order valence-electron chi connectivity index (χ1n) is 18.7. The van der Waals surface area contributed by atoms with E-state index in [9.17, 15) is 0 Å². The molecule has 0 amide bonds. The van der Waals surface area contributed by atoms with Gasteiger partial charge in [0.1, 0.15) is 0 Å². The zero-order valence-electron chi connectivity index (χ0n) is 28.5. The number of benzene rings is 1. The maximum Gasteiger partial charge on any atom is 0.0487 e. The summed E-state index contributed by atoms with van der Waals surface area (Å²) in [4.78, 5) is 0. The van der Waals surface area contributed by atoms with E-state index >= 15 is 0 Å². The van der Waals surface area contributed by atoms with Gasteiger partial charge in [-0.05, 0) is 44.4 Å². The lowest BCUT2D eigenvalue weighted by Gasteiger charge is -2.09. The van der Waals surface area contributed by atoms with E-state index in [1.165, 1.54) is 208 Å². The zero-order valence-corrected chi connectivity index (χ0v) is 28.5. The van der Waals surface area contributed by atoms with Crippen molar-refractivity contribution in [1.82, 2.24) is 4.57 Å². The Hall–Kier alpha value is -1.24. The maximum atomic E-state index is 2.57. The molecule has 0 atom stereocenters. The fourth-order valence-electron chi connectivity index (χ4n) is 6.98. The van der Waals surface area contributed by atoms with Crippen molar-refractivity contribution in [2.24, 2.45) is 0 Å². The molecule has 0 unspecified atom stereocenters. The summed E-state index contributed by atoms with van der Waals surface area (Å²) in [6.45, 7) is 10.3. The van der Waals surface area contributed by atoms with E-state index in [0.717, 1.165) is 0 Å². The van der Waals surface area contributed by atoms with Crippen LogP contribution in [0, 0.1) is 20.8 Å². The Bertz CT molecular complexity index is 875. The number of rotatable bonds is 28. The normalized spacial score (nSPS) is 11.7. The first-order valence-corrected chi connectivity index (χ1v) is 18.7. The minimum absolute atomic E-state index is 1.18. The van der Waals surface area contributed by atoms with Gasteiger partial charge in [0.2, 0.25) is 0 Å². The monoisotopic (exact) mass is 566 g/mol. The van der Waals surface area contributed by atoms with E-state index in [0.29, 0.717) is 0 Å². The van der Waals surface area contributed by atoms with Gasteiger partial charge in [-0.2, -0.15) is 0 Å². The van der Waals surface area contributed by atoms with Crippen LogP contribution in [0.15, 0.2) is 18.2 Å². The Kier molecular flexibility index (Phi) is 21.2. The molecule has 236 valence electrons. The summed E-state index contributed by atoms with van der Waals surface area (Å²) in [6.07, 6.45) is 39.4. The summed E-state index contributed by atoms with van der Waals surface area (Å²) in [7, 11) is 0. The van der Waals surface area contributed by atoms with Crippen LogP contribution in [0.3, 0.4) is 0 Å². The molecule has 0 fully saturated rings. The number of hydrogen-bond donors (Lipinski definition) is 0. The molecule has 1 heterocycles. The van der Waals surface area contributed by atoms with Crippen molar-refractivity contribution in [2.75, 3.05) is 0 Å². The molecule has 0 aliphatic carbocycles. The van der Waals surface area contributed by atoms with Crippen LogP contribution in [-0.2, 0) is 6.54 Å². The van der Waals surface area contributed by atoms with Crippen molar-refractivity contribution in [1.29, 1.82) is 0 Å². The number of hydrogen-bond acceptors (Lipinski definition) is 0. The molecule has 1 heteroatoms. The first-order chi connectivity index (χ1) is 20.2. The molecule has 0 aliphatic heterocycles. The van der Waals surface area contributed by atoms with Crippen LogP contribution in [-0.4, -0.2) is 4.57 Å². The predicted octanol–water partition coefficient (Wildman–Crippen LogP) is 14.1. The van der Waals surface area contributed by atoms with Gasteiger partial charge < -0.3 is 4.57 Å². The molecule has 1 nitrogen and oxygen atoms in total. The molecule has 2 aromatic rings. The topological polar surface area (TPSA) is 4.93 Å². The highest BCUT2D eigenvalue weighted by Gasteiger charge is 2.11. The molecule has 0 saturated heterocycles. The van der Waals surface area contributed by atoms with Crippen LogP contribution in [0.2, 0.25) is 0 Å². The zero-order chi connectivity index (χ0) is 29.4. The lowest BCUT2D eigenvalue weighted by Crippen LogP contribution is -2.00. The largest absolute Gasteiger partial charge is 0.345 e. The van der Waals surface area contributed by atoms with Gasteiger partial charge in [-0.3, -0.25) is 0 Å². The highest BCUT2D eigenvalue weighted by atomic mass is 15.0. The van der Waals surface area contributed by atoms with Crippen molar-refractivity contribution in [3.8, 4) is 0 Å². The van der Waals surface area contributed by atoms with Crippen molar-refractivity contribution in [3.63, 3.8) is 0 Å².